The molecule has 0 bridgehead atoms. The molecule has 7 heteroatoms. The Kier molecular flexibility index (Phi) is 3.47. The van der Waals surface area contributed by atoms with Crippen LogP contribution in [0.25, 0.3) is 0 Å². The van der Waals surface area contributed by atoms with Crippen LogP contribution in [0.15, 0.2) is 23.1 Å². The van der Waals surface area contributed by atoms with Crippen molar-refractivity contribution < 1.29 is 27.2 Å². The molecule has 4 nitrogen and oxygen atoms in total. The zero-order valence-electron chi connectivity index (χ0n) is 6.16. The van der Waals surface area contributed by atoms with Gasteiger partial charge in [-0.2, -0.15) is 8.42 Å². The maximum Gasteiger partial charge on any atom is 0.294 e. The molecule has 3 N–H and O–H groups in total. The van der Waals surface area contributed by atoms with E-state index in [1.807, 2.05) is 0 Å². The van der Waals surface area contributed by atoms with Gasteiger partial charge in [-0.15, -0.1) is 0 Å². The molecule has 1 aromatic carbocycles. The van der Waals surface area contributed by atoms with Crippen molar-refractivity contribution in [3.63, 3.8) is 0 Å². The molecule has 0 saturated carbocycles. The molecule has 0 aliphatic rings. The van der Waals surface area contributed by atoms with Crippen LogP contribution in [0.3, 0.4) is 0 Å². The molecule has 0 spiro atoms. The molecule has 0 heterocycles. The molecule has 74 valence electrons. The van der Waals surface area contributed by atoms with Gasteiger partial charge < -0.3 is 5.48 Å². The summed E-state index contributed by atoms with van der Waals surface area (Å²) in [5, 5.41) is 0. The van der Waals surface area contributed by atoms with Crippen molar-refractivity contribution in [1.82, 2.24) is 0 Å². The highest BCUT2D eigenvalue weighted by Gasteiger charge is 2.12. The first-order chi connectivity index (χ1) is 5.41. The second-order valence-corrected chi connectivity index (χ2v) is 3.47. The van der Waals surface area contributed by atoms with Crippen LogP contribution in [0.1, 0.15) is 0 Å². The SMILES string of the molecule is O.O=S(=O)(O)c1ccc(F)c(F)c1. The van der Waals surface area contributed by atoms with E-state index in [9.17, 15) is 17.2 Å². The first kappa shape index (κ1) is 11.9. The van der Waals surface area contributed by atoms with Gasteiger partial charge >= 0.3 is 0 Å². The molecule has 0 saturated heterocycles. The van der Waals surface area contributed by atoms with E-state index in [0.29, 0.717) is 12.1 Å². The molecule has 1 aromatic rings. The summed E-state index contributed by atoms with van der Waals surface area (Å²) in [6.45, 7) is 0. The summed E-state index contributed by atoms with van der Waals surface area (Å²) in [6.07, 6.45) is 0. The average Bonchev–Trinajstić information content (AvgIpc) is 1.92. The van der Waals surface area contributed by atoms with Crippen molar-refractivity contribution in [3.8, 4) is 0 Å². The van der Waals surface area contributed by atoms with E-state index in [0.717, 1.165) is 6.07 Å². The fraction of sp³-hybridized carbons (Fsp3) is 0. The highest BCUT2D eigenvalue weighted by molar-refractivity contribution is 7.85. The van der Waals surface area contributed by atoms with Gasteiger partial charge in [-0.1, -0.05) is 0 Å². The number of rotatable bonds is 1. The lowest BCUT2D eigenvalue weighted by Gasteiger charge is -1.96. The Hall–Kier alpha value is -1.05. The molecule has 0 unspecified atom stereocenters. The fourth-order valence-electron chi connectivity index (χ4n) is 0.637. The minimum absolute atomic E-state index is 0. The first-order valence-corrected chi connectivity index (χ1v) is 4.28. The van der Waals surface area contributed by atoms with Gasteiger partial charge in [0.2, 0.25) is 0 Å². The van der Waals surface area contributed by atoms with Crippen LogP contribution in [0.4, 0.5) is 8.78 Å². The van der Waals surface area contributed by atoms with Crippen LogP contribution in [0.5, 0.6) is 0 Å². The van der Waals surface area contributed by atoms with Gasteiger partial charge in [0.25, 0.3) is 10.1 Å². The first-order valence-electron chi connectivity index (χ1n) is 2.84. The Morgan fingerprint density at radius 3 is 2.08 bits per heavy atom. The molecule has 0 fully saturated rings. The summed E-state index contributed by atoms with van der Waals surface area (Å²) in [5.74, 6) is -2.48. The van der Waals surface area contributed by atoms with E-state index in [4.69, 9.17) is 4.55 Å². The Morgan fingerprint density at radius 1 is 1.15 bits per heavy atom. The van der Waals surface area contributed by atoms with Gasteiger partial charge in [0, 0.05) is 0 Å². The van der Waals surface area contributed by atoms with Gasteiger partial charge in [0.1, 0.15) is 0 Å². The predicted octanol–water partition coefficient (Wildman–Crippen LogP) is 0.387. The smallest absolute Gasteiger partial charge is 0.294 e. The predicted molar refractivity (Wildman–Crippen MR) is 39.8 cm³/mol. The van der Waals surface area contributed by atoms with Crippen molar-refractivity contribution >= 4 is 10.1 Å². The lowest BCUT2D eigenvalue weighted by atomic mass is 10.3. The van der Waals surface area contributed by atoms with E-state index in [2.05, 4.69) is 0 Å². The van der Waals surface area contributed by atoms with E-state index >= 15 is 0 Å². The van der Waals surface area contributed by atoms with Crippen LogP contribution in [0.2, 0.25) is 0 Å². The van der Waals surface area contributed by atoms with Crippen molar-refractivity contribution in [3.05, 3.63) is 29.8 Å². The van der Waals surface area contributed by atoms with Gasteiger partial charge in [-0.25, -0.2) is 8.78 Å². The molecular formula is C6H6F2O4S. The third-order valence-electron chi connectivity index (χ3n) is 1.19. The van der Waals surface area contributed by atoms with Crippen LogP contribution >= 0.6 is 0 Å². The molecule has 0 amide bonds. The highest BCUT2D eigenvalue weighted by atomic mass is 32.2. The lowest BCUT2D eigenvalue weighted by Crippen LogP contribution is -1.99. The van der Waals surface area contributed by atoms with E-state index < -0.39 is 26.6 Å². The molecule has 0 aromatic heterocycles. The van der Waals surface area contributed by atoms with Crippen molar-refractivity contribution in [1.29, 1.82) is 0 Å². The van der Waals surface area contributed by atoms with Crippen LogP contribution < -0.4 is 0 Å². The molecule has 1 rings (SSSR count). The molecule has 0 atom stereocenters. The molecule has 13 heavy (non-hydrogen) atoms. The molecule has 0 aliphatic heterocycles. The topological polar surface area (TPSA) is 85.9 Å². The fourth-order valence-corrected chi connectivity index (χ4v) is 1.13. The average molecular weight is 212 g/mol. The van der Waals surface area contributed by atoms with Crippen LogP contribution in [-0.4, -0.2) is 18.4 Å². The van der Waals surface area contributed by atoms with Crippen LogP contribution in [0, 0.1) is 11.6 Å². The number of hydrogen-bond acceptors (Lipinski definition) is 2. The number of halogens is 2. The quantitative estimate of drug-likeness (QED) is 0.683. The largest absolute Gasteiger partial charge is 0.412 e. The second kappa shape index (κ2) is 3.77. The number of benzene rings is 1. The Balaban J connectivity index is 0.00000144. The monoisotopic (exact) mass is 212 g/mol. The standard InChI is InChI=1S/C6H4F2O3S.H2O/c7-5-2-1-4(3-6(5)8)12(9,10)11;/h1-3H,(H,9,10,11);1H2. The molecule has 0 aliphatic carbocycles. The van der Waals surface area contributed by atoms with E-state index in [1.165, 1.54) is 0 Å². The maximum atomic E-state index is 12.4. The van der Waals surface area contributed by atoms with E-state index in [1.54, 1.807) is 0 Å². The Bertz CT molecular complexity index is 401. The summed E-state index contributed by atoms with van der Waals surface area (Å²) in [5.41, 5.74) is 0. The summed E-state index contributed by atoms with van der Waals surface area (Å²) in [6, 6.07) is 1.80. The zero-order chi connectivity index (χ0) is 9.35. The minimum Gasteiger partial charge on any atom is -0.412 e. The van der Waals surface area contributed by atoms with E-state index in [-0.39, 0.29) is 5.48 Å². The lowest BCUT2D eigenvalue weighted by molar-refractivity contribution is 0.477. The minimum atomic E-state index is -4.45. The second-order valence-electron chi connectivity index (χ2n) is 2.05. The number of hydrogen-bond donors (Lipinski definition) is 1. The highest BCUT2D eigenvalue weighted by Crippen LogP contribution is 2.12. The molecule has 0 radical (unpaired) electrons. The van der Waals surface area contributed by atoms with Gasteiger partial charge in [0.05, 0.1) is 4.90 Å². The van der Waals surface area contributed by atoms with Crippen molar-refractivity contribution in [2.75, 3.05) is 0 Å². The summed E-state index contributed by atoms with van der Waals surface area (Å²) in [4.78, 5) is -0.665. The van der Waals surface area contributed by atoms with Crippen LogP contribution in [-0.2, 0) is 10.1 Å². The third kappa shape index (κ3) is 2.72. The summed E-state index contributed by atoms with van der Waals surface area (Å²) < 4.78 is 53.7. The molecular weight excluding hydrogens is 206 g/mol. The van der Waals surface area contributed by atoms with Gasteiger partial charge in [-0.05, 0) is 18.2 Å². The van der Waals surface area contributed by atoms with Crippen molar-refractivity contribution in [2.45, 2.75) is 4.90 Å². The zero-order valence-corrected chi connectivity index (χ0v) is 6.98. The summed E-state index contributed by atoms with van der Waals surface area (Å²) in [7, 11) is -4.45. The Morgan fingerprint density at radius 2 is 1.69 bits per heavy atom. The van der Waals surface area contributed by atoms with Crippen molar-refractivity contribution in [2.24, 2.45) is 0 Å². The maximum absolute atomic E-state index is 12.4. The summed E-state index contributed by atoms with van der Waals surface area (Å²) >= 11 is 0. The van der Waals surface area contributed by atoms with Gasteiger partial charge in [0.15, 0.2) is 11.6 Å². The third-order valence-corrected chi connectivity index (χ3v) is 2.04. The normalized spacial score (nSPS) is 10.7. The van der Waals surface area contributed by atoms with Gasteiger partial charge in [-0.3, -0.25) is 4.55 Å². The Labute approximate surface area is 72.9 Å².